The van der Waals surface area contributed by atoms with Crippen LogP contribution in [0.25, 0.3) is 0 Å². The number of alkyl halides is 3. The number of rotatable bonds is 4. The van der Waals surface area contributed by atoms with Crippen LogP contribution in [0, 0.1) is 17.8 Å². The lowest BCUT2D eigenvalue weighted by molar-refractivity contribution is -0.160. The molecule has 0 unspecified atom stereocenters. The van der Waals surface area contributed by atoms with Crippen molar-refractivity contribution in [2.45, 2.75) is 68.4 Å². The molecule has 0 saturated heterocycles. The highest BCUT2D eigenvalue weighted by Crippen LogP contribution is 2.61. The topological polar surface area (TPSA) is 9.23 Å². The molecule has 7 rings (SSSR count). The van der Waals surface area contributed by atoms with E-state index in [0.717, 1.165) is 23.5 Å². The van der Waals surface area contributed by atoms with Gasteiger partial charge in [-0.15, -0.1) is 0 Å². The molecule has 0 atom stereocenters. The molecule has 0 aliphatic heterocycles. The Kier molecular flexibility index (Phi) is 3.93. The summed E-state index contributed by atoms with van der Waals surface area (Å²) in [5.41, 5.74) is 0.528. The van der Waals surface area contributed by atoms with Gasteiger partial charge in [-0.2, -0.15) is 13.2 Å². The summed E-state index contributed by atoms with van der Waals surface area (Å²) in [5, 5.41) is 0. The predicted octanol–water partition coefficient (Wildman–Crippen LogP) is 7.54. The second-order valence-corrected chi connectivity index (χ2v) is 10.4. The zero-order valence-corrected chi connectivity index (χ0v) is 17.0. The summed E-state index contributed by atoms with van der Waals surface area (Å²) < 4.78 is 45.9. The first-order chi connectivity index (χ1) is 14.4. The lowest BCUT2D eigenvalue weighted by Crippen LogP contribution is -2.48. The molecule has 4 heteroatoms. The van der Waals surface area contributed by atoms with Crippen LogP contribution in [-0.2, 0) is 10.8 Å². The van der Waals surface area contributed by atoms with Gasteiger partial charge in [0.1, 0.15) is 11.5 Å². The quantitative estimate of drug-likeness (QED) is 0.504. The molecular formula is C26H27F3O. The van der Waals surface area contributed by atoms with E-state index in [1.165, 1.54) is 44.1 Å². The maximum Gasteiger partial charge on any atom is 0.398 e. The van der Waals surface area contributed by atoms with Crippen molar-refractivity contribution in [3.63, 3.8) is 0 Å². The van der Waals surface area contributed by atoms with Gasteiger partial charge in [0.2, 0.25) is 0 Å². The number of hydrogen-bond acceptors (Lipinski definition) is 1. The molecule has 2 aromatic carbocycles. The van der Waals surface area contributed by atoms with Gasteiger partial charge in [0.15, 0.2) is 0 Å². The van der Waals surface area contributed by atoms with Crippen LogP contribution in [0.4, 0.5) is 13.2 Å². The number of benzene rings is 2. The Labute approximate surface area is 175 Å². The average molecular weight is 412 g/mol. The van der Waals surface area contributed by atoms with Crippen molar-refractivity contribution in [2.24, 2.45) is 17.8 Å². The normalized spacial score (nSPS) is 33.5. The van der Waals surface area contributed by atoms with Crippen LogP contribution in [0.3, 0.4) is 0 Å². The van der Waals surface area contributed by atoms with Crippen molar-refractivity contribution < 1.29 is 17.9 Å². The Hall–Kier alpha value is -1.97. The minimum atomic E-state index is -4.18. The number of ether oxygens (including phenoxy) is 1. The molecule has 0 amide bonds. The maximum absolute atomic E-state index is 13.3. The summed E-state index contributed by atoms with van der Waals surface area (Å²) in [6, 6.07) is 15.0. The van der Waals surface area contributed by atoms with Gasteiger partial charge in [0.25, 0.3) is 0 Å². The molecule has 5 fully saturated rings. The number of hydrogen-bond donors (Lipinski definition) is 0. The van der Waals surface area contributed by atoms with E-state index in [2.05, 4.69) is 12.1 Å². The van der Waals surface area contributed by atoms with Gasteiger partial charge in [-0.25, -0.2) is 0 Å². The standard InChI is InChI=1S/C26H27F3O/c27-26(28,29)25(9-10-25)21-3-7-23(8-4-21)30-22-5-1-20(2-6-22)24-14-17-11-18(15-24)13-19(12-17)16-24/h1-8,17-19H,9-16H2. The summed E-state index contributed by atoms with van der Waals surface area (Å²) in [6.07, 6.45) is 4.50. The molecule has 0 aromatic heterocycles. The highest BCUT2D eigenvalue weighted by Gasteiger charge is 2.64. The molecular weight excluding hydrogens is 385 g/mol. The number of halogens is 3. The Balaban J connectivity index is 1.18. The zero-order chi connectivity index (χ0) is 20.6. The molecule has 5 aliphatic rings. The van der Waals surface area contributed by atoms with Crippen molar-refractivity contribution >= 4 is 0 Å². The predicted molar refractivity (Wildman–Crippen MR) is 110 cm³/mol. The Morgan fingerprint density at radius 2 is 1.10 bits per heavy atom. The zero-order valence-electron chi connectivity index (χ0n) is 17.0. The van der Waals surface area contributed by atoms with Gasteiger partial charge in [0.05, 0.1) is 5.41 Å². The molecule has 1 nitrogen and oxygen atoms in total. The Morgan fingerprint density at radius 3 is 1.50 bits per heavy atom. The SMILES string of the molecule is FC(F)(F)C1(c2ccc(Oc3ccc(C45CC6CC(CC(C6)C4)C5)cc3)cc2)CC1. The van der Waals surface area contributed by atoms with E-state index in [-0.39, 0.29) is 12.8 Å². The van der Waals surface area contributed by atoms with Gasteiger partial charge >= 0.3 is 6.18 Å². The first-order valence-corrected chi connectivity index (χ1v) is 11.3. The lowest BCUT2D eigenvalue weighted by atomic mass is 9.48. The van der Waals surface area contributed by atoms with Crippen LogP contribution < -0.4 is 4.74 Å². The van der Waals surface area contributed by atoms with E-state index in [4.69, 9.17) is 4.74 Å². The van der Waals surface area contributed by atoms with Crippen LogP contribution in [0.15, 0.2) is 48.5 Å². The van der Waals surface area contributed by atoms with Crippen LogP contribution >= 0.6 is 0 Å². The second kappa shape index (κ2) is 6.27. The van der Waals surface area contributed by atoms with Gasteiger partial charge < -0.3 is 4.74 Å². The lowest BCUT2D eigenvalue weighted by Gasteiger charge is -2.57. The molecule has 5 saturated carbocycles. The van der Waals surface area contributed by atoms with Crippen LogP contribution in [0.1, 0.15) is 62.5 Å². The first kappa shape index (κ1) is 18.8. The minimum absolute atomic E-state index is 0.183. The third-order valence-corrected chi connectivity index (χ3v) is 8.44. The van der Waals surface area contributed by atoms with Gasteiger partial charge in [-0.1, -0.05) is 24.3 Å². The fraction of sp³-hybridized carbons (Fsp3) is 0.538. The largest absolute Gasteiger partial charge is 0.457 e. The van der Waals surface area contributed by atoms with Crippen molar-refractivity contribution in [3.8, 4) is 11.5 Å². The highest BCUT2D eigenvalue weighted by molar-refractivity contribution is 5.41. The molecule has 2 aromatic rings. The molecule has 0 spiro atoms. The van der Waals surface area contributed by atoms with E-state index in [1.54, 1.807) is 24.3 Å². The van der Waals surface area contributed by atoms with E-state index in [9.17, 15) is 13.2 Å². The Morgan fingerprint density at radius 1 is 0.667 bits per heavy atom. The van der Waals surface area contributed by atoms with E-state index < -0.39 is 11.6 Å². The fourth-order valence-electron chi connectivity index (χ4n) is 7.18. The first-order valence-electron chi connectivity index (χ1n) is 11.3. The van der Waals surface area contributed by atoms with Crippen molar-refractivity contribution in [2.75, 3.05) is 0 Å². The van der Waals surface area contributed by atoms with Crippen molar-refractivity contribution in [3.05, 3.63) is 59.7 Å². The summed E-state index contributed by atoms with van der Waals surface area (Å²) in [5.74, 6) is 4.07. The molecule has 0 heterocycles. The van der Waals surface area contributed by atoms with E-state index in [0.29, 0.717) is 16.7 Å². The van der Waals surface area contributed by atoms with E-state index in [1.807, 2.05) is 12.1 Å². The van der Waals surface area contributed by atoms with Gasteiger partial charge in [-0.05, 0) is 110 Å². The Bertz CT molecular complexity index is 902. The van der Waals surface area contributed by atoms with Gasteiger partial charge in [-0.3, -0.25) is 0 Å². The third-order valence-electron chi connectivity index (χ3n) is 8.44. The van der Waals surface area contributed by atoms with Crippen LogP contribution in [-0.4, -0.2) is 6.18 Å². The fourth-order valence-corrected chi connectivity index (χ4v) is 7.18. The molecule has 0 radical (unpaired) electrons. The summed E-state index contributed by atoms with van der Waals surface area (Å²) in [7, 11) is 0. The van der Waals surface area contributed by atoms with Crippen LogP contribution in [0.2, 0.25) is 0 Å². The smallest absolute Gasteiger partial charge is 0.398 e. The molecule has 5 aliphatic carbocycles. The molecule has 0 N–H and O–H groups in total. The molecule has 4 bridgehead atoms. The monoisotopic (exact) mass is 412 g/mol. The summed E-state index contributed by atoms with van der Waals surface area (Å²) >= 11 is 0. The average Bonchev–Trinajstić information content (AvgIpc) is 3.50. The van der Waals surface area contributed by atoms with Crippen molar-refractivity contribution in [1.29, 1.82) is 0 Å². The van der Waals surface area contributed by atoms with E-state index >= 15 is 0 Å². The molecule has 30 heavy (non-hydrogen) atoms. The maximum atomic E-state index is 13.3. The summed E-state index contributed by atoms with van der Waals surface area (Å²) in [4.78, 5) is 0. The second-order valence-electron chi connectivity index (χ2n) is 10.4. The molecule has 158 valence electrons. The highest BCUT2D eigenvalue weighted by atomic mass is 19.4. The summed E-state index contributed by atoms with van der Waals surface area (Å²) in [6.45, 7) is 0. The van der Waals surface area contributed by atoms with Crippen LogP contribution in [0.5, 0.6) is 11.5 Å². The minimum Gasteiger partial charge on any atom is -0.457 e. The third kappa shape index (κ3) is 2.90. The van der Waals surface area contributed by atoms with Gasteiger partial charge in [0, 0.05) is 0 Å². The van der Waals surface area contributed by atoms with Crippen molar-refractivity contribution in [1.82, 2.24) is 0 Å².